The zero-order valence-corrected chi connectivity index (χ0v) is 14.1. The molecule has 0 amide bonds. The molecule has 1 aliphatic carbocycles. The summed E-state index contributed by atoms with van der Waals surface area (Å²) in [5.74, 6) is 0.537. The second kappa shape index (κ2) is 6.41. The lowest BCUT2D eigenvalue weighted by molar-refractivity contribution is -0.155. The van der Waals surface area contributed by atoms with Crippen molar-refractivity contribution in [2.24, 2.45) is 17.3 Å². The van der Waals surface area contributed by atoms with Gasteiger partial charge in [-0.15, -0.1) is 0 Å². The summed E-state index contributed by atoms with van der Waals surface area (Å²) in [5, 5.41) is 9.61. The van der Waals surface area contributed by atoms with Gasteiger partial charge in [0.05, 0.1) is 5.41 Å². The summed E-state index contributed by atoms with van der Waals surface area (Å²) in [4.78, 5) is 12.2. The van der Waals surface area contributed by atoms with Gasteiger partial charge in [0.25, 0.3) is 0 Å². The maximum absolute atomic E-state index is 12.2. The fraction of sp³-hybridized carbons (Fsp3) is 0.632. The first kappa shape index (κ1) is 17.0. The topological polar surface area (TPSA) is 46.5 Å². The molecular formula is C19H28O3. The van der Waals surface area contributed by atoms with E-state index in [0.717, 1.165) is 12.8 Å². The first-order chi connectivity index (χ1) is 10.3. The Kier molecular flexibility index (Phi) is 4.96. The predicted octanol–water partition coefficient (Wildman–Crippen LogP) is 3.55. The largest absolute Gasteiger partial charge is 0.464 e. The average molecular weight is 304 g/mol. The Hall–Kier alpha value is -1.35. The molecule has 3 atom stereocenters. The van der Waals surface area contributed by atoms with Crippen LogP contribution in [0.1, 0.15) is 46.1 Å². The fourth-order valence-electron chi connectivity index (χ4n) is 3.46. The first-order valence-corrected chi connectivity index (χ1v) is 8.12. The van der Waals surface area contributed by atoms with Crippen LogP contribution in [-0.4, -0.2) is 24.3 Å². The zero-order chi connectivity index (χ0) is 16.4. The molecule has 1 aliphatic rings. The normalized spacial score (nSPS) is 28.6. The highest BCUT2D eigenvalue weighted by atomic mass is 16.5. The molecule has 1 fully saturated rings. The number of esters is 1. The lowest BCUT2D eigenvalue weighted by atomic mass is 9.78. The van der Waals surface area contributed by atoms with E-state index in [2.05, 4.69) is 19.1 Å². The SMILES string of the molecule is C[C@H]1C[C@](COC(=O)C(C)(C)C)(c2ccccc2)C[C@@H]1CO. The summed E-state index contributed by atoms with van der Waals surface area (Å²) in [6, 6.07) is 10.3. The van der Waals surface area contributed by atoms with Crippen LogP contribution in [0.25, 0.3) is 0 Å². The van der Waals surface area contributed by atoms with Crippen molar-refractivity contribution in [1.29, 1.82) is 0 Å². The third kappa shape index (κ3) is 3.52. The molecule has 0 aromatic heterocycles. The summed E-state index contributed by atoms with van der Waals surface area (Å²) in [6.45, 7) is 8.39. The van der Waals surface area contributed by atoms with Gasteiger partial charge in [-0.2, -0.15) is 0 Å². The smallest absolute Gasteiger partial charge is 0.311 e. The minimum atomic E-state index is -0.488. The number of benzene rings is 1. The molecule has 22 heavy (non-hydrogen) atoms. The second-order valence-electron chi connectivity index (χ2n) is 7.80. The fourth-order valence-corrected chi connectivity index (χ4v) is 3.46. The average Bonchev–Trinajstić information content (AvgIpc) is 2.82. The number of hydrogen-bond donors (Lipinski definition) is 1. The molecule has 0 radical (unpaired) electrons. The van der Waals surface area contributed by atoms with Gasteiger partial charge in [0.2, 0.25) is 0 Å². The Bertz CT molecular complexity index is 503. The van der Waals surface area contributed by atoms with Gasteiger partial charge in [0, 0.05) is 12.0 Å². The van der Waals surface area contributed by atoms with Crippen LogP contribution in [0.4, 0.5) is 0 Å². The van der Waals surface area contributed by atoms with E-state index in [0.29, 0.717) is 12.5 Å². The molecule has 0 spiro atoms. The lowest BCUT2D eigenvalue weighted by Crippen LogP contribution is -2.34. The van der Waals surface area contributed by atoms with Crippen LogP contribution in [0.5, 0.6) is 0 Å². The Morgan fingerprint density at radius 2 is 1.91 bits per heavy atom. The van der Waals surface area contributed by atoms with E-state index in [1.807, 2.05) is 39.0 Å². The molecule has 2 rings (SSSR count). The monoisotopic (exact) mass is 304 g/mol. The Morgan fingerprint density at radius 1 is 1.27 bits per heavy atom. The van der Waals surface area contributed by atoms with E-state index in [9.17, 15) is 9.90 Å². The summed E-state index contributed by atoms with van der Waals surface area (Å²) in [6.07, 6.45) is 1.81. The van der Waals surface area contributed by atoms with Crippen molar-refractivity contribution < 1.29 is 14.6 Å². The van der Waals surface area contributed by atoms with Gasteiger partial charge in [-0.25, -0.2) is 0 Å². The third-order valence-electron chi connectivity index (χ3n) is 4.88. The van der Waals surface area contributed by atoms with Gasteiger partial charge in [0.1, 0.15) is 6.61 Å². The highest BCUT2D eigenvalue weighted by Crippen LogP contribution is 2.47. The summed E-state index contributed by atoms with van der Waals surface area (Å²) < 4.78 is 5.67. The number of hydrogen-bond acceptors (Lipinski definition) is 3. The van der Waals surface area contributed by atoms with Crippen LogP contribution in [-0.2, 0) is 14.9 Å². The van der Waals surface area contributed by atoms with Crippen LogP contribution in [0.2, 0.25) is 0 Å². The van der Waals surface area contributed by atoms with Crippen molar-refractivity contribution in [3.8, 4) is 0 Å². The van der Waals surface area contributed by atoms with Crippen molar-refractivity contribution in [3.63, 3.8) is 0 Å². The molecule has 0 aliphatic heterocycles. The van der Waals surface area contributed by atoms with Crippen LogP contribution >= 0.6 is 0 Å². The van der Waals surface area contributed by atoms with E-state index in [4.69, 9.17) is 4.74 Å². The number of rotatable bonds is 4. The number of aliphatic hydroxyl groups excluding tert-OH is 1. The van der Waals surface area contributed by atoms with Gasteiger partial charge in [-0.3, -0.25) is 4.79 Å². The predicted molar refractivity (Wildman–Crippen MR) is 87.5 cm³/mol. The third-order valence-corrected chi connectivity index (χ3v) is 4.88. The van der Waals surface area contributed by atoms with Gasteiger partial charge < -0.3 is 9.84 Å². The Labute approximate surface area is 133 Å². The molecule has 1 aromatic rings. The lowest BCUT2D eigenvalue weighted by Gasteiger charge is -2.31. The number of carbonyl (C=O) groups excluding carboxylic acids is 1. The molecule has 0 unspecified atom stereocenters. The minimum Gasteiger partial charge on any atom is -0.464 e. The molecule has 0 bridgehead atoms. The van der Waals surface area contributed by atoms with Gasteiger partial charge in [-0.1, -0.05) is 37.3 Å². The molecule has 0 saturated heterocycles. The number of aliphatic hydroxyl groups is 1. The molecule has 1 N–H and O–H groups in total. The minimum absolute atomic E-state index is 0.164. The molecule has 3 nitrogen and oxygen atoms in total. The van der Waals surface area contributed by atoms with Crippen LogP contribution < -0.4 is 0 Å². The highest BCUT2D eigenvalue weighted by molar-refractivity contribution is 5.75. The number of ether oxygens (including phenoxy) is 1. The van der Waals surface area contributed by atoms with E-state index in [-0.39, 0.29) is 23.9 Å². The van der Waals surface area contributed by atoms with Gasteiger partial charge in [0.15, 0.2) is 0 Å². The maximum Gasteiger partial charge on any atom is 0.311 e. The molecule has 1 saturated carbocycles. The molecule has 0 heterocycles. The summed E-state index contributed by atoms with van der Waals surface area (Å²) >= 11 is 0. The van der Waals surface area contributed by atoms with E-state index < -0.39 is 5.41 Å². The molecule has 3 heteroatoms. The maximum atomic E-state index is 12.2. The van der Waals surface area contributed by atoms with Gasteiger partial charge >= 0.3 is 5.97 Å². The molecule has 122 valence electrons. The quantitative estimate of drug-likeness (QED) is 0.865. The highest BCUT2D eigenvalue weighted by Gasteiger charge is 2.45. The van der Waals surface area contributed by atoms with Crippen molar-refractivity contribution in [1.82, 2.24) is 0 Å². The van der Waals surface area contributed by atoms with E-state index >= 15 is 0 Å². The van der Waals surface area contributed by atoms with Crippen molar-refractivity contribution in [2.75, 3.05) is 13.2 Å². The zero-order valence-electron chi connectivity index (χ0n) is 14.1. The van der Waals surface area contributed by atoms with E-state index in [1.54, 1.807) is 0 Å². The second-order valence-corrected chi connectivity index (χ2v) is 7.80. The van der Waals surface area contributed by atoms with Crippen molar-refractivity contribution in [2.45, 2.75) is 46.0 Å². The van der Waals surface area contributed by atoms with Crippen LogP contribution in [0.3, 0.4) is 0 Å². The van der Waals surface area contributed by atoms with Crippen molar-refractivity contribution in [3.05, 3.63) is 35.9 Å². The van der Waals surface area contributed by atoms with Crippen molar-refractivity contribution >= 4 is 5.97 Å². The van der Waals surface area contributed by atoms with Gasteiger partial charge in [-0.05, 0) is 51.0 Å². The van der Waals surface area contributed by atoms with Crippen LogP contribution in [0, 0.1) is 17.3 Å². The van der Waals surface area contributed by atoms with Crippen LogP contribution in [0.15, 0.2) is 30.3 Å². The summed E-state index contributed by atoms with van der Waals surface area (Å²) in [7, 11) is 0. The number of carbonyl (C=O) groups is 1. The standard InChI is InChI=1S/C19H28O3/c1-14-10-19(11-15(14)12-20,16-8-6-5-7-9-16)13-22-17(21)18(2,3)4/h5-9,14-15,20H,10-13H2,1-4H3/t14-,15+,19-/m0/s1. The Balaban J connectivity index is 2.23. The van der Waals surface area contributed by atoms with E-state index in [1.165, 1.54) is 5.56 Å². The Morgan fingerprint density at radius 3 is 2.41 bits per heavy atom. The molecule has 1 aromatic carbocycles. The summed E-state index contributed by atoms with van der Waals surface area (Å²) in [5.41, 5.74) is 0.549. The molecular weight excluding hydrogens is 276 g/mol. The first-order valence-electron chi connectivity index (χ1n) is 8.12.